The molecule has 4 bridgehead atoms. The van der Waals surface area contributed by atoms with Gasteiger partial charge in [-0.05, 0) is 49.9 Å². The highest BCUT2D eigenvalue weighted by Gasteiger charge is 2.37. The van der Waals surface area contributed by atoms with Gasteiger partial charge in [-0.15, -0.1) is 0 Å². The Kier molecular flexibility index (Phi) is 5.45. The summed E-state index contributed by atoms with van der Waals surface area (Å²) in [6, 6.07) is 7.80. The van der Waals surface area contributed by atoms with Crippen LogP contribution in [0, 0.1) is 0 Å². The van der Waals surface area contributed by atoms with Crippen molar-refractivity contribution in [3.8, 4) is 17.0 Å². The summed E-state index contributed by atoms with van der Waals surface area (Å²) >= 11 is 0. The molecule has 9 heteroatoms. The molecule has 36 heavy (non-hydrogen) atoms. The summed E-state index contributed by atoms with van der Waals surface area (Å²) in [5.74, 6) is 2.37. The van der Waals surface area contributed by atoms with Crippen LogP contribution in [0.4, 0.5) is 11.8 Å². The van der Waals surface area contributed by atoms with Crippen LogP contribution in [0.5, 0.6) is 5.75 Å². The van der Waals surface area contributed by atoms with Gasteiger partial charge >= 0.3 is 0 Å². The van der Waals surface area contributed by atoms with Crippen LogP contribution in [0.3, 0.4) is 0 Å². The fraction of sp³-hybridized carbons (Fsp3) is 0.519. The fourth-order valence-electron chi connectivity index (χ4n) is 6.16. The molecule has 4 aliphatic heterocycles. The normalized spacial score (nSPS) is 27.2. The number of ether oxygens (including phenoxy) is 3. The van der Waals surface area contributed by atoms with Gasteiger partial charge in [0.15, 0.2) is 0 Å². The van der Waals surface area contributed by atoms with Gasteiger partial charge in [0.2, 0.25) is 5.95 Å². The monoisotopic (exact) mass is 489 g/mol. The van der Waals surface area contributed by atoms with Gasteiger partial charge < -0.3 is 29.1 Å². The number of hydrogen-bond acceptors (Lipinski definition) is 9. The third kappa shape index (κ3) is 3.86. The number of pyridine rings is 1. The van der Waals surface area contributed by atoms with Crippen LogP contribution in [0.15, 0.2) is 30.5 Å². The number of aliphatic hydroxyl groups is 1. The lowest BCUT2D eigenvalue weighted by molar-refractivity contribution is 0.0296. The van der Waals surface area contributed by atoms with Crippen LogP contribution in [0.25, 0.3) is 22.2 Å². The Hall–Kier alpha value is -3.01. The largest absolute Gasteiger partial charge is 0.496 e. The SMILES string of the molecule is COc1ccc(-c2cc3nc(N4CC5CC[C@@H](C4)O5)nc(N4CC5CCC(C4)O5)c3cn2)cc1CO. The van der Waals surface area contributed by atoms with Crippen LogP contribution >= 0.6 is 0 Å². The Labute approximate surface area is 210 Å². The molecule has 2 aromatic heterocycles. The van der Waals surface area contributed by atoms with E-state index in [9.17, 15) is 5.11 Å². The smallest absolute Gasteiger partial charge is 0.228 e. The first-order valence-corrected chi connectivity index (χ1v) is 12.9. The van der Waals surface area contributed by atoms with Crippen molar-refractivity contribution in [2.75, 3.05) is 43.1 Å². The molecular formula is C27H31N5O4. The van der Waals surface area contributed by atoms with Gasteiger partial charge in [0.25, 0.3) is 0 Å². The Morgan fingerprint density at radius 3 is 2.22 bits per heavy atom. The summed E-state index contributed by atoms with van der Waals surface area (Å²) in [5, 5.41) is 10.8. The minimum Gasteiger partial charge on any atom is -0.496 e. The predicted molar refractivity (Wildman–Crippen MR) is 135 cm³/mol. The van der Waals surface area contributed by atoms with Crippen molar-refractivity contribution in [2.24, 2.45) is 0 Å². The molecule has 0 radical (unpaired) electrons. The maximum absolute atomic E-state index is 9.80. The number of fused-ring (bicyclic) bond motifs is 5. The van der Waals surface area contributed by atoms with E-state index in [1.807, 2.05) is 30.5 Å². The molecule has 188 valence electrons. The van der Waals surface area contributed by atoms with Crippen molar-refractivity contribution < 1.29 is 19.3 Å². The van der Waals surface area contributed by atoms with E-state index >= 15 is 0 Å². The molecule has 6 heterocycles. The molecule has 1 aromatic carbocycles. The Morgan fingerprint density at radius 2 is 1.58 bits per heavy atom. The summed E-state index contributed by atoms with van der Waals surface area (Å²) in [5.41, 5.74) is 3.32. The van der Waals surface area contributed by atoms with Crippen molar-refractivity contribution in [2.45, 2.75) is 56.7 Å². The highest BCUT2D eigenvalue weighted by molar-refractivity contribution is 5.92. The average molecular weight is 490 g/mol. The maximum atomic E-state index is 9.80. The lowest BCUT2D eigenvalue weighted by Crippen LogP contribution is -2.45. The fourth-order valence-corrected chi connectivity index (χ4v) is 6.16. The number of hydrogen-bond donors (Lipinski definition) is 1. The molecule has 0 aliphatic carbocycles. The molecule has 1 N–H and O–H groups in total. The average Bonchev–Trinajstić information content (AvgIpc) is 3.45. The maximum Gasteiger partial charge on any atom is 0.228 e. The van der Waals surface area contributed by atoms with Crippen LogP contribution in [0.1, 0.15) is 31.2 Å². The second-order valence-electron chi connectivity index (χ2n) is 10.3. The van der Waals surface area contributed by atoms with Gasteiger partial charge in [0.05, 0.1) is 54.7 Å². The Morgan fingerprint density at radius 1 is 0.917 bits per heavy atom. The van der Waals surface area contributed by atoms with Gasteiger partial charge in [-0.3, -0.25) is 4.98 Å². The van der Waals surface area contributed by atoms with Crippen molar-refractivity contribution >= 4 is 22.7 Å². The second-order valence-corrected chi connectivity index (χ2v) is 10.3. The van der Waals surface area contributed by atoms with E-state index in [-0.39, 0.29) is 31.0 Å². The van der Waals surface area contributed by atoms with Crippen molar-refractivity contribution in [1.29, 1.82) is 0 Å². The van der Waals surface area contributed by atoms with E-state index in [0.29, 0.717) is 5.75 Å². The molecular weight excluding hydrogens is 458 g/mol. The quantitative estimate of drug-likeness (QED) is 0.581. The number of aromatic nitrogens is 3. The Bertz CT molecular complexity index is 1280. The number of anilines is 2. The highest BCUT2D eigenvalue weighted by Crippen LogP contribution is 2.36. The van der Waals surface area contributed by atoms with Gasteiger partial charge in [-0.1, -0.05) is 0 Å². The molecule has 4 fully saturated rings. The van der Waals surface area contributed by atoms with E-state index in [1.54, 1.807) is 7.11 Å². The summed E-state index contributed by atoms with van der Waals surface area (Å²) in [6.45, 7) is 3.24. The van der Waals surface area contributed by atoms with E-state index in [4.69, 9.17) is 29.2 Å². The third-order valence-corrected chi connectivity index (χ3v) is 7.97. The molecule has 0 amide bonds. The molecule has 0 saturated carbocycles. The van der Waals surface area contributed by atoms with Gasteiger partial charge in [0, 0.05) is 43.5 Å². The van der Waals surface area contributed by atoms with Crippen LogP contribution in [-0.4, -0.2) is 77.8 Å². The molecule has 3 unspecified atom stereocenters. The number of benzene rings is 1. The first-order chi connectivity index (χ1) is 17.7. The summed E-state index contributed by atoms with van der Waals surface area (Å²) in [7, 11) is 1.61. The van der Waals surface area contributed by atoms with Gasteiger partial charge in [-0.2, -0.15) is 4.98 Å². The van der Waals surface area contributed by atoms with E-state index in [2.05, 4.69) is 9.80 Å². The first-order valence-electron chi connectivity index (χ1n) is 12.9. The molecule has 3 aromatic rings. The van der Waals surface area contributed by atoms with E-state index in [0.717, 1.165) is 91.4 Å². The van der Waals surface area contributed by atoms with Crippen LogP contribution < -0.4 is 14.5 Å². The van der Waals surface area contributed by atoms with Gasteiger partial charge in [-0.25, -0.2) is 4.98 Å². The second kappa shape index (κ2) is 8.83. The third-order valence-electron chi connectivity index (χ3n) is 7.97. The molecule has 4 atom stereocenters. The first kappa shape index (κ1) is 22.2. The lowest BCUT2D eigenvalue weighted by atomic mass is 10.1. The predicted octanol–water partition coefficient (Wildman–Crippen LogP) is 2.93. The zero-order chi connectivity index (χ0) is 24.2. The number of nitrogens with zero attached hydrogens (tertiary/aromatic N) is 5. The minimum atomic E-state index is -0.0974. The number of aliphatic hydroxyl groups excluding tert-OH is 1. The molecule has 0 spiro atoms. The molecule has 4 aliphatic rings. The summed E-state index contributed by atoms with van der Waals surface area (Å²) in [4.78, 5) is 19.6. The number of morpholine rings is 2. The van der Waals surface area contributed by atoms with Crippen LogP contribution in [-0.2, 0) is 16.1 Å². The van der Waals surface area contributed by atoms with E-state index < -0.39 is 0 Å². The zero-order valence-corrected chi connectivity index (χ0v) is 20.5. The molecule has 4 saturated heterocycles. The topological polar surface area (TPSA) is 93.1 Å². The minimum absolute atomic E-state index is 0.0974. The van der Waals surface area contributed by atoms with Crippen LogP contribution in [0.2, 0.25) is 0 Å². The molecule has 7 rings (SSSR count). The Balaban J connectivity index is 1.32. The van der Waals surface area contributed by atoms with Crippen molar-refractivity contribution in [3.05, 3.63) is 36.0 Å². The van der Waals surface area contributed by atoms with Gasteiger partial charge in [0.1, 0.15) is 11.6 Å². The lowest BCUT2D eigenvalue weighted by Gasteiger charge is -2.35. The molecule has 9 nitrogen and oxygen atoms in total. The van der Waals surface area contributed by atoms with E-state index in [1.165, 1.54) is 0 Å². The summed E-state index contributed by atoms with van der Waals surface area (Å²) in [6.07, 6.45) is 7.37. The number of rotatable bonds is 5. The van der Waals surface area contributed by atoms with Crippen molar-refractivity contribution in [1.82, 2.24) is 15.0 Å². The number of methoxy groups -OCH3 is 1. The standard InChI is InChI=1S/C27H31N5O4/c1-34-25-7-2-16(8-17(25)15-33)23-9-24-22(10-28-23)26(31-11-18-3-4-19(12-31)35-18)30-27(29-24)32-13-20-5-6-21(14-32)36-20/h2,7-10,18-21,33H,3-6,11-15H2,1H3/t18?,19?,20-,21?/m0/s1. The van der Waals surface area contributed by atoms with Crippen molar-refractivity contribution in [3.63, 3.8) is 0 Å². The summed E-state index contributed by atoms with van der Waals surface area (Å²) < 4.78 is 17.6. The zero-order valence-electron chi connectivity index (χ0n) is 20.5. The highest BCUT2D eigenvalue weighted by atomic mass is 16.5.